The van der Waals surface area contributed by atoms with Crippen LogP contribution in [0.1, 0.15) is 38.8 Å². The first-order chi connectivity index (χ1) is 14.5. The van der Waals surface area contributed by atoms with Gasteiger partial charge in [0.25, 0.3) is 0 Å². The van der Waals surface area contributed by atoms with Gasteiger partial charge in [-0.05, 0) is 57.4 Å². The van der Waals surface area contributed by atoms with Crippen molar-refractivity contribution in [3.63, 3.8) is 0 Å². The molecule has 31 heavy (non-hydrogen) atoms. The highest BCUT2D eigenvalue weighted by Gasteiger charge is 2.07. The van der Waals surface area contributed by atoms with E-state index >= 15 is 0 Å². The molecular formula is C23H35IN4O3. The van der Waals surface area contributed by atoms with Gasteiger partial charge < -0.3 is 24.8 Å². The van der Waals surface area contributed by atoms with Crippen LogP contribution in [-0.4, -0.2) is 43.9 Å². The van der Waals surface area contributed by atoms with Gasteiger partial charge in [0.05, 0.1) is 19.3 Å². The molecule has 0 fully saturated rings. The largest absolute Gasteiger partial charge is 0.490 e. The molecule has 1 heterocycles. The number of nitrogens with one attached hydrogen (secondary N) is 2. The van der Waals surface area contributed by atoms with Crippen LogP contribution in [-0.2, 0) is 13.0 Å². The van der Waals surface area contributed by atoms with Crippen molar-refractivity contribution in [3.8, 4) is 17.4 Å². The molecule has 2 aromatic rings. The molecule has 0 aliphatic carbocycles. The Balaban J connectivity index is 0.00000480. The minimum Gasteiger partial charge on any atom is -0.490 e. The highest BCUT2D eigenvalue weighted by Crippen LogP contribution is 2.28. The number of benzene rings is 1. The number of nitrogens with zero attached hydrogens (tertiary/aromatic N) is 2. The van der Waals surface area contributed by atoms with Gasteiger partial charge in [0.2, 0.25) is 5.88 Å². The molecule has 0 saturated heterocycles. The Morgan fingerprint density at radius 3 is 2.32 bits per heavy atom. The van der Waals surface area contributed by atoms with Gasteiger partial charge in [-0.25, -0.2) is 4.98 Å². The zero-order valence-corrected chi connectivity index (χ0v) is 21.4. The first kappa shape index (κ1) is 26.8. The maximum Gasteiger partial charge on any atom is 0.213 e. The Labute approximate surface area is 203 Å². The van der Waals surface area contributed by atoms with Crippen LogP contribution in [0.25, 0.3) is 0 Å². The van der Waals surface area contributed by atoms with E-state index in [0.717, 1.165) is 36.0 Å². The number of halogens is 1. The van der Waals surface area contributed by atoms with Crippen molar-refractivity contribution in [2.75, 3.05) is 26.8 Å². The van der Waals surface area contributed by atoms with E-state index < -0.39 is 0 Å². The van der Waals surface area contributed by atoms with E-state index in [1.54, 1.807) is 7.05 Å². The Morgan fingerprint density at radius 1 is 1.00 bits per heavy atom. The molecule has 0 spiro atoms. The minimum atomic E-state index is 0. The van der Waals surface area contributed by atoms with Gasteiger partial charge in [-0.1, -0.05) is 12.1 Å². The number of hydrogen-bond acceptors (Lipinski definition) is 5. The molecule has 7 nitrogen and oxygen atoms in total. The van der Waals surface area contributed by atoms with Crippen LogP contribution >= 0.6 is 24.0 Å². The molecule has 0 bridgehead atoms. The lowest BCUT2D eigenvalue weighted by Gasteiger charge is -2.14. The molecule has 0 atom stereocenters. The molecule has 0 amide bonds. The van der Waals surface area contributed by atoms with Crippen molar-refractivity contribution in [1.82, 2.24) is 15.6 Å². The fraction of sp³-hybridized carbons (Fsp3) is 0.478. The molecule has 8 heteroatoms. The van der Waals surface area contributed by atoms with Gasteiger partial charge in [-0.3, -0.25) is 4.99 Å². The second-order valence-corrected chi connectivity index (χ2v) is 6.92. The lowest BCUT2D eigenvalue weighted by atomic mass is 10.1. The zero-order valence-electron chi connectivity index (χ0n) is 19.1. The SMILES string of the molecule is CCOc1ccc(CCNC(=NC)NCc2ccc(OC(C)C)nc2)cc1OCC.I. The summed E-state index contributed by atoms with van der Waals surface area (Å²) in [5.74, 6) is 2.95. The third-order valence-corrected chi connectivity index (χ3v) is 4.15. The average Bonchev–Trinajstić information content (AvgIpc) is 2.73. The fourth-order valence-corrected chi connectivity index (χ4v) is 2.81. The zero-order chi connectivity index (χ0) is 21.8. The van der Waals surface area contributed by atoms with E-state index in [0.29, 0.717) is 25.6 Å². The molecule has 172 valence electrons. The fourth-order valence-electron chi connectivity index (χ4n) is 2.81. The van der Waals surface area contributed by atoms with Crippen LogP contribution in [0.15, 0.2) is 41.5 Å². The van der Waals surface area contributed by atoms with Gasteiger partial charge >= 0.3 is 0 Å². The van der Waals surface area contributed by atoms with Crippen LogP contribution in [0.5, 0.6) is 17.4 Å². The summed E-state index contributed by atoms with van der Waals surface area (Å²) in [6.07, 6.45) is 2.77. The number of aliphatic imine (C=N–C) groups is 1. The molecule has 0 radical (unpaired) electrons. The van der Waals surface area contributed by atoms with Gasteiger partial charge in [0.15, 0.2) is 17.5 Å². The number of pyridine rings is 1. The normalized spacial score (nSPS) is 11.0. The number of guanidine groups is 1. The van der Waals surface area contributed by atoms with Gasteiger partial charge in [-0.2, -0.15) is 0 Å². The summed E-state index contributed by atoms with van der Waals surface area (Å²) in [5.41, 5.74) is 2.23. The van der Waals surface area contributed by atoms with Crippen molar-refractivity contribution in [2.45, 2.75) is 46.8 Å². The average molecular weight is 542 g/mol. The third kappa shape index (κ3) is 9.63. The van der Waals surface area contributed by atoms with Crippen LogP contribution in [0, 0.1) is 0 Å². The van der Waals surface area contributed by atoms with E-state index in [4.69, 9.17) is 14.2 Å². The predicted molar refractivity (Wildman–Crippen MR) is 136 cm³/mol. The summed E-state index contributed by atoms with van der Waals surface area (Å²) in [7, 11) is 1.76. The lowest BCUT2D eigenvalue weighted by Crippen LogP contribution is -2.37. The monoisotopic (exact) mass is 542 g/mol. The lowest BCUT2D eigenvalue weighted by molar-refractivity contribution is 0.232. The van der Waals surface area contributed by atoms with Crippen molar-refractivity contribution in [1.29, 1.82) is 0 Å². The van der Waals surface area contributed by atoms with E-state index in [9.17, 15) is 0 Å². The predicted octanol–water partition coefficient (Wildman–Crippen LogP) is 4.19. The van der Waals surface area contributed by atoms with Crippen LogP contribution in [0.3, 0.4) is 0 Å². The topological polar surface area (TPSA) is 77.0 Å². The van der Waals surface area contributed by atoms with Crippen molar-refractivity contribution in [3.05, 3.63) is 47.7 Å². The summed E-state index contributed by atoms with van der Waals surface area (Å²) in [5, 5.41) is 6.64. The summed E-state index contributed by atoms with van der Waals surface area (Å²) in [6, 6.07) is 9.96. The Bertz CT molecular complexity index is 798. The number of hydrogen-bond donors (Lipinski definition) is 2. The standard InChI is InChI=1S/C23H34N4O3.HI/c1-6-28-20-10-8-18(14-21(20)29-7-2)12-13-25-23(24-5)27-16-19-9-11-22(26-15-19)30-17(3)4;/h8-11,14-15,17H,6-7,12-13,16H2,1-5H3,(H2,24,25,27);1H. The molecule has 1 aromatic heterocycles. The molecule has 0 aliphatic heterocycles. The molecule has 0 aliphatic rings. The summed E-state index contributed by atoms with van der Waals surface area (Å²) < 4.78 is 16.9. The Hall–Kier alpha value is -2.23. The smallest absolute Gasteiger partial charge is 0.213 e. The molecular weight excluding hydrogens is 507 g/mol. The Morgan fingerprint density at radius 2 is 1.71 bits per heavy atom. The molecule has 2 N–H and O–H groups in total. The van der Waals surface area contributed by atoms with E-state index in [-0.39, 0.29) is 30.1 Å². The first-order valence-electron chi connectivity index (χ1n) is 10.5. The van der Waals surface area contributed by atoms with Crippen LogP contribution in [0.2, 0.25) is 0 Å². The highest BCUT2D eigenvalue weighted by atomic mass is 127. The van der Waals surface area contributed by atoms with Crippen LogP contribution < -0.4 is 24.8 Å². The van der Waals surface area contributed by atoms with Gasteiger partial charge in [0.1, 0.15) is 0 Å². The Kier molecular flexibility index (Phi) is 12.7. The number of aromatic nitrogens is 1. The van der Waals surface area contributed by atoms with Crippen molar-refractivity contribution >= 4 is 29.9 Å². The summed E-state index contributed by atoms with van der Waals surface area (Å²) >= 11 is 0. The van der Waals surface area contributed by atoms with Gasteiger partial charge in [-0.15, -0.1) is 24.0 Å². The maximum atomic E-state index is 5.70. The van der Waals surface area contributed by atoms with Crippen LogP contribution in [0.4, 0.5) is 0 Å². The van der Waals surface area contributed by atoms with E-state index in [2.05, 4.69) is 26.7 Å². The van der Waals surface area contributed by atoms with E-state index in [1.165, 1.54) is 5.56 Å². The van der Waals surface area contributed by atoms with E-state index in [1.807, 2.05) is 58.2 Å². The molecule has 2 rings (SSSR count). The molecule has 1 aromatic carbocycles. The second-order valence-electron chi connectivity index (χ2n) is 6.92. The third-order valence-electron chi connectivity index (χ3n) is 4.15. The quantitative estimate of drug-likeness (QED) is 0.252. The summed E-state index contributed by atoms with van der Waals surface area (Å²) in [6.45, 7) is 10.5. The van der Waals surface area contributed by atoms with Gasteiger partial charge in [0, 0.05) is 32.4 Å². The summed E-state index contributed by atoms with van der Waals surface area (Å²) in [4.78, 5) is 8.60. The minimum absolute atomic E-state index is 0. The number of rotatable bonds is 11. The van der Waals surface area contributed by atoms with Crippen molar-refractivity contribution < 1.29 is 14.2 Å². The number of ether oxygens (including phenoxy) is 3. The first-order valence-corrected chi connectivity index (χ1v) is 10.5. The molecule has 0 saturated carbocycles. The highest BCUT2D eigenvalue weighted by molar-refractivity contribution is 14.0. The maximum absolute atomic E-state index is 5.70. The van der Waals surface area contributed by atoms with Crippen molar-refractivity contribution in [2.24, 2.45) is 4.99 Å². The molecule has 0 unspecified atom stereocenters. The second kappa shape index (κ2) is 14.7.